The zero-order chi connectivity index (χ0) is 10.2. The molecule has 1 aromatic rings. The molecule has 0 aromatic heterocycles. The molecule has 1 aromatic carbocycles. The molecule has 0 saturated carbocycles. The Balaban J connectivity index is 2.19. The second kappa shape index (κ2) is 3.73. The third kappa shape index (κ3) is 2.05. The van der Waals surface area contributed by atoms with Crippen LogP contribution in [0.25, 0.3) is 0 Å². The van der Waals surface area contributed by atoms with Gasteiger partial charge in [-0.25, -0.2) is 0 Å². The maximum Gasteiger partial charge on any atom is 0.0439 e. The number of hydrogen-bond donors (Lipinski definition) is 1. The number of rotatable bonds is 2. The van der Waals surface area contributed by atoms with Crippen LogP contribution in [-0.4, -0.2) is 13.1 Å². The second-order valence-electron chi connectivity index (χ2n) is 4.33. The molecular formula is C11H13Cl2N. The first-order valence-corrected chi connectivity index (χ1v) is 5.49. The molecule has 0 aliphatic carbocycles. The Labute approximate surface area is 94.4 Å². The van der Waals surface area contributed by atoms with E-state index in [1.807, 2.05) is 18.2 Å². The van der Waals surface area contributed by atoms with Crippen molar-refractivity contribution >= 4 is 23.2 Å². The molecule has 1 fully saturated rings. The van der Waals surface area contributed by atoms with Gasteiger partial charge in [0.2, 0.25) is 0 Å². The number of hydrogen-bond acceptors (Lipinski definition) is 1. The Morgan fingerprint density at radius 3 is 2.64 bits per heavy atom. The summed E-state index contributed by atoms with van der Waals surface area (Å²) in [4.78, 5) is 0. The van der Waals surface area contributed by atoms with Gasteiger partial charge in [-0.1, -0.05) is 30.1 Å². The van der Waals surface area contributed by atoms with E-state index < -0.39 is 0 Å². The highest BCUT2D eigenvalue weighted by atomic mass is 35.5. The predicted octanol–water partition coefficient (Wildman–Crippen LogP) is 3.15. The summed E-state index contributed by atoms with van der Waals surface area (Å²) in [7, 11) is 0. The first-order chi connectivity index (χ1) is 6.59. The molecule has 1 N–H and O–H groups in total. The van der Waals surface area contributed by atoms with E-state index in [4.69, 9.17) is 23.2 Å². The molecule has 14 heavy (non-hydrogen) atoms. The summed E-state index contributed by atoms with van der Waals surface area (Å²) in [5.74, 6) is 0. The highest BCUT2D eigenvalue weighted by molar-refractivity contribution is 6.33. The summed E-state index contributed by atoms with van der Waals surface area (Å²) in [5.41, 5.74) is 1.51. The smallest absolute Gasteiger partial charge is 0.0439 e. The van der Waals surface area contributed by atoms with Gasteiger partial charge in [-0.15, -0.1) is 0 Å². The van der Waals surface area contributed by atoms with Gasteiger partial charge in [-0.3, -0.25) is 0 Å². The van der Waals surface area contributed by atoms with Gasteiger partial charge < -0.3 is 5.32 Å². The quantitative estimate of drug-likeness (QED) is 0.822. The Kier molecular flexibility index (Phi) is 2.74. The number of benzene rings is 1. The van der Waals surface area contributed by atoms with Crippen LogP contribution in [0.2, 0.25) is 10.0 Å². The van der Waals surface area contributed by atoms with Gasteiger partial charge in [0.1, 0.15) is 0 Å². The summed E-state index contributed by atoms with van der Waals surface area (Å²) in [6.07, 6.45) is 0.999. The SMILES string of the molecule is CC1(Cc2cc(Cl)ccc2Cl)CNC1. The lowest BCUT2D eigenvalue weighted by atomic mass is 9.78. The van der Waals surface area contributed by atoms with E-state index in [0.717, 1.165) is 35.1 Å². The van der Waals surface area contributed by atoms with Crippen molar-refractivity contribution in [2.24, 2.45) is 5.41 Å². The van der Waals surface area contributed by atoms with Crippen LogP contribution < -0.4 is 5.32 Å². The maximum absolute atomic E-state index is 6.10. The van der Waals surface area contributed by atoms with E-state index in [0.29, 0.717) is 5.41 Å². The van der Waals surface area contributed by atoms with Crippen LogP contribution in [-0.2, 0) is 6.42 Å². The average molecular weight is 230 g/mol. The molecule has 1 aliphatic heterocycles. The lowest BCUT2D eigenvalue weighted by Gasteiger charge is -2.39. The highest BCUT2D eigenvalue weighted by Gasteiger charge is 2.32. The van der Waals surface area contributed by atoms with Crippen molar-refractivity contribution in [2.45, 2.75) is 13.3 Å². The van der Waals surface area contributed by atoms with Gasteiger partial charge in [-0.05, 0) is 35.6 Å². The van der Waals surface area contributed by atoms with Crippen LogP contribution in [0.4, 0.5) is 0 Å². The third-order valence-corrected chi connectivity index (χ3v) is 3.33. The summed E-state index contributed by atoms with van der Waals surface area (Å²) in [6.45, 7) is 4.40. The van der Waals surface area contributed by atoms with Crippen molar-refractivity contribution in [2.75, 3.05) is 13.1 Å². The second-order valence-corrected chi connectivity index (χ2v) is 5.17. The molecule has 1 aliphatic rings. The minimum absolute atomic E-state index is 0.355. The fourth-order valence-corrected chi connectivity index (χ4v) is 2.19. The van der Waals surface area contributed by atoms with Crippen LogP contribution in [0.15, 0.2) is 18.2 Å². The molecule has 76 valence electrons. The predicted molar refractivity (Wildman–Crippen MR) is 61.1 cm³/mol. The molecule has 2 rings (SSSR count). The molecule has 0 bridgehead atoms. The zero-order valence-electron chi connectivity index (χ0n) is 8.11. The Hall–Kier alpha value is -0.240. The summed E-state index contributed by atoms with van der Waals surface area (Å²) in [5, 5.41) is 4.87. The van der Waals surface area contributed by atoms with Gasteiger partial charge in [0.05, 0.1) is 0 Å². The first-order valence-electron chi connectivity index (χ1n) is 4.74. The van der Waals surface area contributed by atoms with Crippen molar-refractivity contribution in [1.82, 2.24) is 5.32 Å². The van der Waals surface area contributed by atoms with Crippen molar-refractivity contribution in [1.29, 1.82) is 0 Å². The van der Waals surface area contributed by atoms with Crippen molar-refractivity contribution in [3.63, 3.8) is 0 Å². The van der Waals surface area contributed by atoms with Gasteiger partial charge in [0.15, 0.2) is 0 Å². The molecule has 1 heterocycles. The molecule has 0 unspecified atom stereocenters. The van der Waals surface area contributed by atoms with E-state index in [1.54, 1.807) is 0 Å². The Morgan fingerprint density at radius 1 is 1.36 bits per heavy atom. The van der Waals surface area contributed by atoms with Gasteiger partial charge in [-0.2, -0.15) is 0 Å². The first kappa shape index (κ1) is 10.3. The monoisotopic (exact) mass is 229 g/mol. The van der Waals surface area contributed by atoms with E-state index in [9.17, 15) is 0 Å². The normalized spacial score (nSPS) is 19.1. The highest BCUT2D eigenvalue weighted by Crippen LogP contribution is 2.31. The fourth-order valence-electron chi connectivity index (χ4n) is 1.82. The molecule has 3 heteroatoms. The van der Waals surface area contributed by atoms with Crippen LogP contribution in [0.5, 0.6) is 0 Å². The zero-order valence-corrected chi connectivity index (χ0v) is 9.62. The van der Waals surface area contributed by atoms with E-state index in [-0.39, 0.29) is 0 Å². The van der Waals surface area contributed by atoms with Crippen LogP contribution in [0, 0.1) is 5.41 Å². The Bertz CT molecular complexity index is 345. The minimum Gasteiger partial charge on any atom is -0.316 e. The lowest BCUT2D eigenvalue weighted by Crippen LogP contribution is -2.52. The van der Waals surface area contributed by atoms with Gasteiger partial charge in [0, 0.05) is 23.1 Å². The maximum atomic E-state index is 6.10. The van der Waals surface area contributed by atoms with Crippen LogP contribution in [0.1, 0.15) is 12.5 Å². The van der Waals surface area contributed by atoms with Crippen molar-refractivity contribution in [3.8, 4) is 0 Å². The molecule has 1 nitrogen and oxygen atoms in total. The number of halogens is 2. The van der Waals surface area contributed by atoms with E-state index in [2.05, 4.69) is 12.2 Å². The van der Waals surface area contributed by atoms with Crippen LogP contribution >= 0.6 is 23.2 Å². The van der Waals surface area contributed by atoms with Gasteiger partial charge in [0.25, 0.3) is 0 Å². The number of nitrogens with one attached hydrogen (secondary N) is 1. The summed E-state index contributed by atoms with van der Waals surface area (Å²) >= 11 is 12.0. The average Bonchev–Trinajstić information content (AvgIpc) is 2.09. The standard InChI is InChI=1S/C11H13Cl2N/c1-11(6-14-7-11)5-8-4-9(12)2-3-10(8)13/h2-4,14H,5-7H2,1H3. The lowest BCUT2D eigenvalue weighted by molar-refractivity contribution is 0.195. The van der Waals surface area contributed by atoms with Crippen molar-refractivity contribution < 1.29 is 0 Å². The Morgan fingerprint density at radius 2 is 2.07 bits per heavy atom. The summed E-state index contributed by atoms with van der Waals surface area (Å²) < 4.78 is 0. The molecule has 0 amide bonds. The van der Waals surface area contributed by atoms with Gasteiger partial charge >= 0.3 is 0 Å². The van der Waals surface area contributed by atoms with E-state index in [1.165, 1.54) is 0 Å². The molecule has 0 spiro atoms. The third-order valence-electron chi connectivity index (χ3n) is 2.73. The molecule has 0 radical (unpaired) electrons. The summed E-state index contributed by atoms with van der Waals surface area (Å²) in [6, 6.07) is 5.66. The molecular weight excluding hydrogens is 217 g/mol. The fraction of sp³-hybridized carbons (Fsp3) is 0.455. The topological polar surface area (TPSA) is 12.0 Å². The largest absolute Gasteiger partial charge is 0.316 e. The van der Waals surface area contributed by atoms with Crippen molar-refractivity contribution in [3.05, 3.63) is 33.8 Å². The minimum atomic E-state index is 0.355. The van der Waals surface area contributed by atoms with E-state index >= 15 is 0 Å². The molecule has 1 saturated heterocycles. The van der Waals surface area contributed by atoms with Crippen LogP contribution in [0.3, 0.4) is 0 Å². The molecule has 0 atom stereocenters.